The summed E-state index contributed by atoms with van der Waals surface area (Å²) >= 11 is 0. The lowest BCUT2D eigenvalue weighted by Crippen LogP contribution is -2.31. The fourth-order valence-electron chi connectivity index (χ4n) is 1.81. The van der Waals surface area contributed by atoms with Crippen molar-refractivity contribution < 1.29 is 4.79 Å². The van der Waals surface area contributed by atoms with Crippen LogP contribution in [0.1, 0.15) is 16.9 Å². The fourth-order valence-corrected chi connectivity index (χ4v) is 1.81. The SMILES string of the molecule is Cn1nccc1C(=O)NCC1CCNC1. The molecule has 0 saturated carbocycles. The molecular formula is C10H16N4O. The largest absolute Gasteiger partial charge is 0.350 e. The van der Waals surface area contributed by atoms with Gasteiger partial charge in [0.1, 0.15) is 5.69 Å². The number of rotatable bonds is 3. The summed E-state index contributed by atoms with van der Waals surface area (Å²) in [5.41, 5.74) is 0.612. The Labute approximate surface area is 88.8 Å². The molecule has 82 valence electrons. The number of nitrogens with one attached hydrogen (secondary N) is 2. The average molecular weight is 208 g/mol. The van der Waals surface area contributed by atoms with E-state index in [0.717, 1.165) is 26.1 Å². The molecule has 15 heavy (non-hydrogen) atoms. The molecule has 0 bridgehead atoms. The zero-order valence-electron chi connectivity index (χ0n) is 8.86. The predicted octanol–water partition coefficient (Wildman–Crippen LogP) is -0.241. The van der Waals surface area contributed by atoms with E-state index in [1.165, 1.54) is 0 Å². The minimum atomic E-state index is -0.0399. The number of hydrogen-bond acceptors (Lipinski definition) is 3. The molecule has 2 heterocycles. The molecule has 1 saturated heterocycles. The van der Waals surface area contributed by atoms with E-state index in [9.17, 15) is 4.79 Å². The van der Waals surface area contributed by atoms with Crippen LogP contribution in [-0.2, 0) is 7.05 Å². The van der Waals surface area contributed by atoms with Gasteiger partial charge in [-0.05, 0) is 31.5 Å². The number of aryl methyl sites for hydroxylation is 1. The van der Waals surface area contributed by atoms with Crippen LogP contribution >= 0.6 is 0 Å². The second kappa shape index (κ2) is 4.44. The number of aromatic nitrogens is 2. The second-order valence-corrected chi connectivity index (χ2v) is 3.91. The van der Waals surface area contributed by atoms with Crippen molar-refractivity contribution in [2.75, 3.05) is 19.6 Å². The third kappa shape index (κ3) is 2.36. The molecule has 0 radical (unpaired) electrons. The number of carbonyl (C=O) groups is 1. The minimum absolute atomic E-state index is 0.0399. The van der Waals surface area contributed by atoms with Crippen LogP contribution in [0.25, 0.3) is 0 Å². The molecule has 0 aromatic carbocycles. The molecule has 5 nitrogen and oxygen atoms in total. The Morgan fingerprint density at radius 2 is 2.67 bits per heavy atom. The molecule has 1 amide bonds. The summed E-state index contributed by atoms with van der Waals surface area (Å²) in [7, 11) is 1.77. The van der Waals surface area contributed by atoms with Crippen LogP contribution in [0.15, 0.2) is 12.3 Å². The minimum Gasteiger partial charge on any atom is -0.350 e. The summed E-state index contributed by atoms with van der Waals surface area (Å²) < 4.78 is 1.59. The first-order valence-corrected chi connectivity index (χ1v) is 5.24. The summed E-state index contributed by atoms with van der Waals surface area (Å²) in [4.78, 5) is 11.7. The van der Waals surface area contributed by atoms with Crippen LogP contribution in [0.4, 0.5) is 0 Å². The number of amides is 1. The van der Waals surface area contributed by atoms with Gasteiger partial charge in [0.25, 0.3) is 5.91 Å². The third-order valence-corrected chi connectivity index (χ3v) is 2.77. The molecular weight excluding hydrogens is 192 g/mol. The number of nitrogens with zero attached hydrogens (tertiary/aromatic N) is 2. The van der Waals surface area contributed by atoms with E-state index in [0.29, 0.717) is 11.6 Å². The van der Waals surface area contributed by atoms with E-state index in [4.69, 9.17) is 0 Å². The Morgan fingerprint density at radius 3 is 3.27 bits per heavy atom. The predicted molar refractivity (Wildman–Crippen MR) is 56.5 cm³/mol. The Kier molecular flexibility index (Phi) is 3.01. The standard InChI is InChI=1S/C10H16N4O/c1-14-9(3-5-13-14)10(15)12-7-8-2-4-11-6-8/h3,5,8,11H,2,4,6-7H2,1H3,(H,12,15). The zero-order valence-corrected chi connectivity index (χ0v) is 8.86. The first-order chi connectivity index (χ1) is 7.27. The van der Waals surface area contributed by atoms with Gasteiger partial charge in [-0.1, -0.05) is 0 Å². The van der Waals surface area contributed by atoms with Crippen molar-refractivity contribution in [2.24, 2.45) is 13.0 Å². The molecule has 0 aliphatic carbocycles. The van der Waals surface area contributed by atoms with Crippen LogP contribution in [-0.4, -0.2) is 35.3 Å². The van der Waals surface area contributed by atoms with E-state index in [1.54, 1.807) is 24.0 Å². The van der Waals surface area contributed by atoms with Gasteiger partial charge < -0.3 is 10.6 Å². The molecule has 1 unspecified atom stereocenters. The van der Waals surface area contributed by atoms with Gasteiger partial charge in [0.15, 0.2) is 0 Å². The maximum Gasteiger partial charge on any atom is 0.269 e. The highest BCUT2D eigenvalue weighted by molar-refractivity contribution is 5.92. The second-order valence-electron chi connectivity index (χ2n) is 3.91. The zero-order chi connectivity index (χ0) is 10.7. The first-order valence-electron chi connectivity index (χ1n) is 5.24. The highest BCUT2D eigenvalue weighted by atomic mass is 16.2. The lowest BCUT2D eigenvalue weighted by molar-refractivity contribution is 0.0939. The van der Waals surface area contributed by atoms with E-state index < -0.39 is 0 Å². The van der Waals surface area contributed by atoms with Gasteiger partial charge in [-0.25, -0.2) is 0 Å². The van der Waals surface area contributed by atoms with Crippen molar-refractivity contribution in [2.45, 2.75) is 6.42 Å². The Morgan fingerprint density at radius 1 is 1.80 bits per heavy atom. The maximum atomic E-state index is 11.7. The first kappa shape index (κ1) is 10.2. The molecule has 1 aliphatic rings. The van der Waals surface area contributed by atoms with Crippen molar-refractivity contribution in [1.29, 1.82) is 0 Å². The van der Waals surface area contributed by atoms with Gasteiger partial charge in [-0.2, -0.15) is 5.10 Å². The van der Waals surface area contributed by atoms with E-state index >= 15 is 0 Å². The summed E-state index contributed by atoms with van der Waals surface area (Å²) in [6.07, 6.45) is 2.78. The number of carbonyl (C=O) groups excluding carboxylic acids is 1. The van der Waals surface area contributed by atoms with Crippen molar-refractivity contribution in [1.82, 2.24) is 20.4 Å². The Balaban J connectivity index is 1.84. The van der Waals surface area contributed by atoms with Crippen LogP contribution in [0.5, 0.6) is 0 Å². The molecule has 1 aromatic rings. The molecule has 0 spiro atoms. The number of hydrogen-bond donors (Lipinski definition) is 2. The monoisotopic (exact) mass is 208 g/mol. The topological polar surface area (TPSA) is 59.0 Å². The summed E-state index contributed by atoms with van der Waals surface area (Å²) in [5, 5.41) is 10.2. The summed E-state index contributed by atoms with van der Waals surface area (Å²) in [5.74, 6) is 0.532. The van der Waals surface area contributed by atoms with Gasteiger partial charge in [-0.15, -0.1) is 0 Å². The molecule has 1 fully saturated rings. The molecule has 1 atom stereocenters. The molecule has 1 aliphatic heterocycles. The van der Waals surface area contributed by atoms with Crippen molar-refractivity contribution in [3.8, 4) is 0 Å². The fraction of sp³-hybridized carbons (Fsp3) is 0.600. The highest BCUT2D eigenvalue weighted by Gasteiger charge is 2.16. The van der Waals surface area contributed by atoms with Gasteiger partial charge in [-0.3, -0.25) is 9.48 Å². The Bertz CT molecular complexity index is 341. The van der Waals surface area contributed by atoms with Crippen LogP contribution in [0.2, 0.25) is 0 Å². The van der Waals surface area contributed by atoms with Gasteiger partial charge in [0, 0.05) is 19.8 Å². The van der Waals surface area contributed by atoms with Crippen LogP contribution in [0, 0.1) is 5.92 Å². The van der Waals surface area contributed by atoms with Gasteiger partial charge >= 0.3 is 0 Å². The summed E-state index contributed by atoms with van der Waals surface area (Å²) in [6, 6.07) is 1.72. The average Bonchev–Trinajstić information content (AvgIpc) is 2.84. The van der Waals surface area contributed by atoms with Crippen LogP contribution < -0.4 is 10.6 Å². The van der Waals surface area contributed by atoms with Crippen molar-refractivity contribution in [3.05, 3.63) is 18.0 Å². The molecule has 2 rings (SSSR count). The summed E-state index contributed by atoms with van der Waals surface area (Å²) in [6.45, 7) is 2.81. The Hall–Kier alpha value is -1.36. The van der Waals surface area contributed by atoms with Crippen molar-refractivity contribution in [3.63, 3.8) is 0 Å². The van der Waals surface area contributed by atoms with Crippen LogP contribution in [0.3, 0.4) is 0 Å². The van der Waals surface area contributed by atoms with Gasteiger partial charge in [0.05, 0.1) is 0 Å². The lowest BCUT2D eigenvalue weighted by Gasteiger charge is -2.09. The lowest BCUT2D eigenvalue weighted by atomic mass is 10.1. The molecule has 1 aromatic heterocycles. The highest BCUT2D eigenvalue weighted by Crippen LogP contribution is 2.05. The van der Waals surface area contributed by atoms with E-state index in [2.05, 4.69) is 15.7 Å². The third-order valence-electron chi connectivity index (χ3n) is 2.77. The van der Waals surface area contributed by atoms with E-state index in [1.807, 2.05) is 0 Å². The molecule has 5 heteroatoms. The quantitative estimate of drug-likeness (QED) is 0.720. The maximum absolute atomic E-state index is 11.7. The normalized spacial score (nSPS) is 20.5. The smallest absolute Gasteiger partial charge is 0.269 e. The van der Waals surface area contributed by atoms with Crippen molar-refractivity contribution >= 4 is 5.91 Å². The van der Waals surface area contributed by atoms with E-state index in [-0.39, 0.29) is 5.91 Å². The molecule has 2 N–H and O–H groups in total. The van der Waals surface area contributed by atoms with Gasteiger partial charge in [0.2, 0.25) is 0 Å².